The molecule has 2 aromatic carbocycles. The molecule has 1 heterocycles. The molecule has 0 N–H and O–H groups in total. The molecule has 1 aromatic heterocycles. The SMILES string of the molecule is CCOc1cc(OCC)cc(-c2nc(-c3ccccc3)no2)c1. The van der Waals surface area contributed by atoms with Gasteiger partial charge >= 0.3 is 0 Å². The lowest BCUT2D eigenvalue weighted by molar-refractivity contribution is 0.323. The van der Waals surface area contributed by atoms with E-state index in [2.05, 4.69) is 10.1 Å². The minimum absolute atomic E-state index is 0.436. The third-order valence-corrected chi connectivity index (χ3v) is 3.21. The normalized spacial score (nSPS) is 10.5. The number of hydrogen-bond acceptors (Lipinski definition) is 5. The molecule has 0 unspecified atom stereocenters. The van der Waals surface area contributed by atoms with Gasteiger partial charge in [0.15, 0.2) is 0 Å². The summed E-state index contributed by atoms with van der Waals surface area (Å²) in [5.41, 5.74) is 1.68. The van der Waals surface area contributed by atoms with Gasteiger partial charge in [-0.1, -0.05) is 35.5 Å². The van der Waals surface area contributed by atoms with Crippen LogP contribution in [0.1, 0.15) is 13.8 Å². The largest absolute Gasteiger partial charge is 0.494 e. The van der Waals surface area contributed by atoms with Crippen molar-refractivity contribution in [3.05, 3.63) is 48.5 Å². The van der Waals surface area contributed by atoms with Gasteiger partial charge in [0.25, 0.3) is 5.89 Å². The van der Waals surface area contributed by atoms with Crippen LogP contribution in [-0.2, 0) is 0 Å². The van der Waals surface area contributed by atoms with Crippen LogP contribution in [0, 0.1) is 0 Å². The second-order valence-electron chi connectivity index (χ2n) is 4.85. The zero-order valence-corrected chi connectivity index (χ0v) is 13.2. The highest BCUT2D eigenvalue weighted by Crippen LogP contribution is 2.30. The lowest BCUT2D eigenvalue weighted by atomic mass is 10.2. The molecule has 0 spiro atoms. The zero-order valence-electron chi connectivity index (χ0n) is 13.2. The van der Waals surface area contributed by atoms with Crippen molar-refractivity contribution < 1.29 is 14.0 Å². The van der Waals surface area contributed by atoms with Crippen molar-refractivity contribution >= 4 is 0 Å². The maximum absolute atomic E-state index is 5.58. The molecule has 5 nitrogen and oxygen atoms in total. The Hall–Kier alpha value is -2.82. The molecule has 23 heavy (non-hydrogen) atoms. The van der Waals surface area contributed by atoms with Gasteiger partial charge in [-0.05, 0) is 26.0 Å². The Morgan fingerprint density at radius 2 is 1.52 bits per heavy atom. The molecule has 0 radical (unpaired) electrons. The molecule has 0 amide bonds. The minimum Gasteiger partial charge on any atom is -0.494 e. The van der Waals surface area contributed by atoms with Crippen molar-refractivity contribution in [3.63, 3.8) is 0 Å². The average molecular weight is 310 g/mol. The van der Waals surface area contributed by atoms with Crippen LogP contribution in [0.5, 0.6) is 11.5 Å². The number of rotatable bonds is 6. The maximum atomic E-state index is 5.58. The highest BCUT2D eigenvalue weighted by molar-refractivity contribution is 5.62. The van der Waals surface area contributed by atoms with Gasteiger partial charge in [0.1, 0.15) is 11.5 Å². The molecule has 0 fully saturated rings. The van der Waals surface area contributed by atoms with E-state index in [1.54, 1.807) is 0 Å². The Morgan fingerprint density at radius 1 is 0.870 bits per heavy atom. The third kappa shape index (κ3) is 3.51. The average Bonchev–Trinajstić information content (AvgIpc) is 3.06. The molecule has 0 bridgehead atoms. The van der Waals surface area contributed by atoms with Crippen LogP contribution in [-0.4, -0.2) is 23.4 Å². The first-order valence-electron chi connectivity index (χ1n) is 7.60. The Labute approximate surface area is 134 Å². The summed E-state index contributed by atoms with van der Waals surface area (Å²) in [6.07, 6.45) is 0. The summed E-state index contributed by atoms with van der Waals surface area (Å²) >= 11 is 0. The Balaban J connectivity index is 1.96. The predicted molar refractivity (Wildman–Crippen MR) is 87.5 cm³/mol. The molecule has 0 aliphatic carbocycles. The van der Waals surface area contributed by atoms with E-state index in [1.807, 2.05) is 62.4 Å². The van der Waals surface area contributed by atoms with Gasteiger partial charge in [0.05, 0.1) is 13.2 Å². The van der Waals surface area contributed by atoms with E-state index >= 15 is 0 Å². The number of hydrogen-bond donors (Lipinski definition) is 0. The van der Waals surface area contributed by atoms with Crippen LogP contribution < -0.4 is 9.47 Å². The minimum atomic E-state index is 0.436. The summed E-state index contributed by atoms with van der Waals surface area (Å²) < 4.78 is 16.6. The fourth-order valence-electron chi connectivity index (χ4n) is 2.24. The van der Waals surface area contributed by atoms with Crippen molar-refractivity contribution in [2.45, 2.75) is 13.8 Å². The van der Waals surface area contributed by atoms with Crippen molar-refractivity contribution in [2.24, 2.45) is 0 Å². The van der Waals surface area contributed by atoms with Gasteiger partial charge in [-0.2, -0.15) is 4.98 Å². The lowest BCUT2D eigenvalue weighted by Crippen LogP contribution is -1.96. The third-order valence-electron chi connectivity index (χ3n) is 3.21. The van der Waals surface area contributed by atoms with Crippen molar-refractivity contribution in [1.82, 2.24) is 10.1 Å². The van der Waals surface area contributed by atoms with Crippen LogP contribution in [0.4, 0.5) is 0 Å². The highest BCUT2D eigenvalue weighted by Gasteiger charge is 2.13. The summed E-state index contributed by atoms with van der Waals surface area (Å²) in [4.78, 5) is 4.46. The van der Waals surface area contributed by atoms with E-state index in [9.17, 15) is 0 Å². The zero-order chi connectivity index (χ0) is 16.1. The van der Waals surface area contributed by atoms with Crippen LogP contribution in [0.15, 0.2) is 53.1 Å². The molecular weight excluding hydrogens is 292 g/mol. The second kappa shape index (κ2) is 6.96. The van der Waals surface area contributed by atoms with Gasteiger partial charge in [-0.15, -0.1) is 0 Å². The number of aromatic nitrogens is 2. The molecule has 118 valence electrons. The van der Waals surface area contributed by atoms with Gasteiger partial charge in [-0.25, -0.2) is 0 Å². The quantitative estimate of drug-likeness (QED) is 0.683. The van der Waals surface area contributed by atoms with Crippen LogP contribution in [0.3, 0.4) is 0 Å². The van der Waals surface area contributed by atoms with E-state index in [-0.39, 0.29) is 0 Å². The van der Waals surface area contributed by atoms with Crippen LogP contribution in [0.2, 0.25) is 0 Å². The first kappa shape index (κ1) is 15.1. The molecule has 5 heteroatoms. The predicted octanol–water partition coefficient (Wildman–Crippen LogP) is 4.20. The smallest absolute Gasteiger partial charge is 0.258 e. The van der Waals surface area contributed by atoms with Gasteiger partial charge in [0.2, 0.25) is 5.82 Å². The van der Waals surface area contributed by atoms with E-state index in [0.717, 1.165) is 11.1 Å². The topological polar surface area (TPSA) is 57.4 Å². The summed E-state index contributed by atoms with van der Waals surface area (Å²) in [6.45, 7) is 5.03. The molecule has 3 rings (SSSR count). The van der Waals surface area contributed by atoms with E-state index < -0.39 is 0 Å². The number of benzene rings is 2. The van der Waals surface area contributed by atoms with Gasteiger partial charge < -0.3 is 14.0 Å². The summed E-state index contributed by atoms with van der Waals surface area (Å²) in [5.74, 6) is 2.42. The Morgan fingerprint density at radius 3 is 2.13 bits per heavy atom. The molecule has 0 saturated carbocycles. The fraction of sp³-hybridized carbons (Fsp3) is 0.222. The van der Waals surface area contributed by atoms with E-state index in [0.29, 0.717) is 36.4 Å². The van der Waals surface area contributed by atoms with Crippen molar-refractivity contribution in [2.75, 3.05) is 13.2 Å². The van der Waals surface area contributed by atoms with Gasteiger partial charge in [-0.3, -0.25) is 0 Å². The molecule has 0 atom stereocenters. The summed E-state index contributed by atoms with van der Waals surface area (Å²) in [5, 5.41) is 4.05. The monoisotopic (exact) mass is 310 g/mol. The van der Waals surface area contributed by atoms with E-state index in [1.165, 1.54) is 0 Å². The van der Waals surface area contributed by atoms with Crippen molar-refractivity contribution in [3.8, 4) is 34.3 Å². The molecule has 3 aromatic rings. The Bertz CT molecular complexity index is 745. The fourth-order valence-corrected chi connectivity index (χ4v) is 2.24. The Kier molecular flexibility index (Phi) is 4.57. The van der Waals surface area contributed by atoms with E-state index in [4.69, 9.17) is 14.0 Å². The maximum Gasteiger partial charge on any atom is 0.258 e. The second-order valence-corrected chi connectivity index (χ2v) is 4.85. The van der Waals surface area contributed by atoms with Crippen molar-refractivity contribution in [1.29, 1.82) is 0 Å². The molecule has 0 aliphatic heterocycles. The molecule has 0 aliphatic rings. The molecular formula is C18H18N2O3. The van der Waals surface area contributed by atoms with Gasteiger partial charge in [0, 0.05) is 17.2 Å². The molecule has 0 saturated heterocycles. The standard InChI is InChI=1S/C18H18N2O3/c1-3-21-15-10-14(11-16(12-15)22-4-2)18-19-17(20-23-18)13-8-6-5-7-9-13/h5-12H,3-4H2,1-2H3. The summed E-state index contributed by atoms with van der Waals surface area (Å²) in [6, 6.07) is 15.3. The lowest BCUT2D eigenvalue weighted by Gasteiger charge is -2.08. The summed E-state index contributed by atoms with van der Waals surface area (Å²) in [7, 11) is 0. The first-order chi connectivity index (χ1) is 11.3. The van der Waals surface area contributed by atoms with Crippen LogP contribution >= 0.6 is 0 Å². The first-order valence-corrected chi connectivity index (χ1v) is 7.60. The van der Waals surface area contributed by atoms with Crippen LogP contribution in [0.25, 0.3) is 22.8 Å². The highest BCUT2D eigenvalue weighted by atomic mass is 16.5. The number of nitrogens with zero attached hydrogens (tertiary/aromatic N) is 2. The number of ether oxygens (including phenoxy) is 2.